The molecule has 1 aromatic heterocycles. The van der Waals surface area contributed by atoms with Crippen molar-refractivity contribution in [2.24, 2.45) is 0 Å². The van der Waals surface area contributed by atoms with Gasteiger partial charge < -0.3 is 10.2 Å². The second-order valence-corrected chi connectivity index (χ2v) is 9.74. The lowest BCUT2D eigenvalue weighted by molar-refractivity contribution is 0.0992. The quantitative estimate of drug-likeness (QED) is 0.244. The number of anilines is 1. The Morgan fingerprint density at radius 2 is 1.68 bits per heavy atom. The minimum absolute atomic E-state index is 0. The van der Waals surface area contributed by atoms with E-state index in [0.29, 0.717) is 28.3 Å². The number of Topliss-reactive ketones (excluding diaryl/α,β-unsaturated/α-hetero) is 1. The van der Waals surface area contributed by atoms with Crippen LogP contribution in [0, 0.1) is 5.41 Å². The van der Waals surface area contributed by atoms with Gasteiger partial charge in [-0.15, -0.1) is 0 Å². The maximum atomic E-state index is 13.0. The average Bonchev–Trinajstić information content (AvgIpc) is 2.86. The van der Waals surface area contributed by atoms with E-state index < -0.39 is 0 Å². The highest BCUT2D eigenvalue weighted by Gasteiger charge is 2.18. The van der Waals surface area contributed by atoms with Gasteiger partial charge in [-0.3, -0.25) is 15.0 Å². The molecular formula is C26H27BrN4O2S. The van der Waals surface area contributed by atoms with Crippen molar-refractivity contribution in [2.75, 3.05) is 29.9 Å². The number of thioether (sulfide) groups is 1. The van der Waals surface area contributed by atoms with Crippen LogP contribution in [0.3, 0.4) is 0 Å². The van der Waals surface area contributed by atoms with Gasteiger partial charge in [0.2, 0.25) is 0 Å². The third-order valence-electron chi connectivity index (χ3n) is 5.39. The predicted octanol–water partition coefficient (Wildman–Crippen LogP) is 5.53. The number of hydrogen-bond donors (Lipinski definition) is 2. The fourth-order valence-electron chi connectivity index (χ4n) is 3.59. The molecule has 4 rings (SSSR count). The first-order valence-corrected chi connectivity index (χ1v) is 12.5. The highest BCUT2D eigenvalue weighted by atomic mass is 79.9. The molecule has 1 amide bonds. The van der Waals surface area contributed by atoms with Crippen molar-refractivity contribution in [3.05, 3.63) is 93.6 Å². The van der Waals surface area contributed by atoms with Gasteiger partial charge in [-0.05, 0) is 39.7 Å². The molecule has 1 aliphatic heterocycles. The second-order valence-electron chi connectivity index (χ2n) is 7.60. The van der Waals surface area contributed by atoms with E-state index in [2.05, 4.69) is 31.1 Å². The van der Waals surface area contributed by atoms with Crippen LogP contribution in [0.4, 0.5) is 5.82 Å². The van der Waals surface area contributed by atoms with E-state index in [-0.39, 0.29) is 25.5 Å². The molecular weight excluding hydrogens is 512 g/mol. The molecule has 0 radical (unpaired) electrons. The molecule has 8 heteroatoms. The number of hydrogen-bond acceptors (Lipinski definition) is 5. The number of nitrogens with zero attached hydrogens (tertiary/aromatic N) is 2. The molecule has 3 aromatic rings. The van der Waals surface area contributed by atoms with Crippen LogP contribution in [0.25, 0.3) is 0 Å². The first-order chi connectivity index (χ1) is 16.0. The van der Waals surface area contributed by atoms with Crippen molar-refractivity contribution in [3.63, 3.8) is 0 Å². The molecule has 1 aliphatic rings. The number of ketones is 1. The van der Waals surface area contributed by atoms with Crippen molar-refractivity contribution in [3.8, 4) is 0 Å². The minimum atomic E-state index is -0.309. The lowest BCUT2D eigenvalue weighted by Gasteiger charge is -2.28. The molecule has 0 bridgehead atoms. The van der Waals surface area contributed by atoms with E-state index in [4.69, 9.17) is 5.41 Å². The summed E-state index contributed by atoms with van der Waals surface area (Å²) in [5.41, 5.74) is 2.46. The normalized spacial score (nSPS) is 13.0. The fourth-order valence-corrected chi connectivity index (χ4v) is 4.73. The van der Waals surface area contributed by atoms with Crippen LogP contribution in [0.2, 0.25) is 0 Å². The van der Waals surface area contributed by atoms with Crippen molar-refractivity contribution in [1.82, 2.24) is 9.88 Å². The van der Waals surface area contributed by atoms with Gasteiger partial charge in [-0.25, -0.2) is 4.98 Å². The summed E-state index contributed by atoms with van der Waals surface area (Å²) in [6.07, 6.45) is 1.72. The Bertz CT molecular complexity index is 1160. The number of amides is 1. The van der Waals surface area contributed by atoms with E-state index in [1.165, 1.54) is 0 Å². The highest BCUT2D eigenvalue weighted by Crippen LogP contribution is 2.18. The first-order valence-electron chi connectivity index (χ1n) is 10.6. The maximum absolute atomic E-state index is 13.0. The number of nitrogens with one attached hydrogen (secondary N) is 2. The van der Waals surface area contributed by atoms with E-state index in [0.717, 1.165) is 34.6 Å². The monoisotopic (exact) mass is 538 g/mol. The van der Waals surface area contributed by atoms with Gasteiger partial charge >= 0.3 is 0 Å². The highest BCUT2D eigenvalue weighted by molar-refractivity contribution is 9.10. The smallest absolute Gasteiger partial charge is 0.257 e. The fraction of sp³-hybridized carbons (Fsp3) is 0.231. The number of pyridine rings is 1. The van der Waals surface area contributed by atoms with E-state index in [1.807, 2.05) is 30.0 Å². The molecule has 0 unspecified atom stereocenters. The molecule has 0 aliphatic carbocycles. The van der Waals surface area contributed by atoms with E-state index >= 15 is 0 Å². The largest absolute Gasteiger partial charge is 0.355 e. The molecule has 0 saturated carbocycles. The number of halogens is 1. The zero-order valence-corrected chi connectivity index (χ0v) is 20.3. The van der Waals surface area contributed by atoms with Crippen LogP contribution in [-0.4, -0.2) is 52.0 Å². The molecule has 1 saturated heterocycles. The summed E-state index contributed by atoms with van der Waals surface area (Å²) in [5, 5.41) is 11.2. The molecule has 34 heavy (non-hydrogen) atoms. The third-order valence-corrected chi connectivity index (χ3v) is 6.80. The molecule has 2 aromatic carbocycles. The van der Waals surface area contributed by atoms with E-state index in [1.54, 1.807) is 48.7 Å². The Morgan fingerprint density at radius 3 is 2.35 bits per heavy atom. The van der Waals surface area contributed by atoms with Gasteiger partial charge in [0.15, 0.2) is 5.78 Å². The van der Waals surface area contributed by atoms with Crippen molar-refractivity contribution in [1.29, 1.82) is 5.41 Å². The Hall–Kier alpha value is -2.97. The van der Waals surface area contributed by atoms with Crippen LogP contribution < -0.4 is 5.32 Å². The average molecular weight is 539 g/mol. The summed E-state index contributed by atoms with van der Waals surface area (Å²) < 4.78 is 0.822. The summed E-state index contributed by atoms with van der Waals surface area (Å²) in [6, 6.07) is 17.8. The second kappa shape index (κ2) is 11.9. The van der Waals surface area contributed by atoms with Crippen molar-refractivity contribution < 1.29 is 9.59 Å². The Labute approximate surface area is 212 Å². The number of carbonyl (C=O) groups is 2. The predicted molar refractivity (Wildman–Crippen MR) is 143 cm³/mol. The summed E-state index contributed by atoms with van der Waals surface area (Å²) in [5.74, 6) is 2.61. The lowest BCUT2D eigenvalue weighted by atomic mass is 9.97. The Balaban J connectivity index is 0.00000324. The van der Waals surface area contributed by atoms with Gasteiger partial charge in [0, 0.05) is 58.4 Å². The van der Waals surface area contributed by atoms with Crippen LogP contribution in [0.1, 0.15) is 39.3 Å². The summed E-state index contributed by atoms with van der Waals surface area (Å²) in [4.78, 5) is 32.0. The van der Waals surface area contributed by atoms with Crippen LogP contribution in [0.15, 0.2) is 71.3 Å². The van der Waals surface area contributed by atoms with Crippen LogP contribution in [-0.2, 0) is 6.42 Å². The zero-order valence-electron chi connectivity index (χ0n) is 17.9. The van der Waals surface area contributed by atoms with Crippen LogP contribution >= 0.6 is 27.7 Å². The van der Waals surface area contributed by atoms with E-state index in [9.17, 15) is 9.59 Å². The number of amidine groups is 1. The van der Waals surface area contributed by atoms with Crippen molar-refractivity contribution >= 4 is 51.0 Å². The summed E-state index contributed by atoms with van der Waals surface area (Å²) in [6.45, 7) is 1.75. The molecule has 2 heterocycles. The zero-order chi connectivity index (χ0) is 23.2. The summed E-state index contributed by atoms with van der Waals surface area (Å²) >= 11 is 5.23. The molecule has 176 valence electrons. The molecule has 6 nitrogen and oxygen atoms in total. The molecule has 0 spiro atoms. The number of rotatable bonds is 6. The van der Waals surface area contributed by atoms with Gasteiger partial charge in [0.1, 0.15) is 11.7 Å². The topological polar surface area (TPSA) is 86.1 Å². The van der Waals surface area contributed by atoms with Gasteiger partial charge in [0.25, 0.3) is 5.91 Å². The van der Waals surface area contributed by atoms with Gasteiger partial charge in [-0.2, -0.15) is 11.8 Å². The lowest BCUT2D eigenvalue weighted by Crippen LogP contribution is -2.37. The third kappa shape index (κ3) is 6.33. The van der Waals surface area contributed by atoms with Gasteiger partial charge in [0.05, 0.1) is 0 Å². The molecule has 0 atom stereocenters. The number of carbonyl (C=O) groups excluding carboxylic acids is 2. The first kappa shape index (κ1) is 25.6. The molecule has 2 N–H and O–H groups in total. The van der Waals surface area contributed by atoms with Gasteiger partial charge in [-0.1, -0.05) is 49.9 Å². The maximum Gasteiger partial charge on any atom is 0.257 e. The number of benzene rings is 2. The summed E-state index contributed by atoms with van der Waals surface area (Å²) in [7, 11) is 0. The minimum Gasteiger partial charge on any atom is -0.355 e. The Morgan fingerprint density at radius 1 is 1.00 bits per heavy atom. The van der Waals surface area contributed by atoms with Crippen molar-refractivity contribution in [2.45, 2.75) is 13.8 Å². The number of aromatic nitrogens is 1. The molecule has 1 fully saturated rings. The SMILES string of the molecule is C.N=C(c1ccc(C(=O)Cc2ccccc2C(=O)Nc2ccc(Br)cn2)cc1)N1CCSCC1. The van der Waals surface area contributed by atoms with Crippen LogP contribution in [0.5, 0.6) is 0 Å². The Kier molecular flexibility index (Phi) is 9.01. The standard InChI is InChI=1S/C25H23BrN4O2S.CH4/c26-20-9-10-23(28-16-20)29-25(32)21-4-2-1-3-19(21)15-22(31)17-5-7-18(8-6-17)24(27)30-11-13-33-14-12-30;/h1-10,16,27H,11-15H2,(H,28,29,32);1H4.